The highest BCUT2D eigenvalue weighted by Crippen LogP contribution is 2.46. The van der Waals surface area contributed by atoms with Gasteiger partial charge < -0.3 is 24.8 Å². The molecule has 0 radical (unpaired) electrons. The minimum Gasteiger partial charge on any atom is -0.455 e. The molecule has 0 saturated carbocycles. The van der Waals surface area contributed by atoms with E-state index in [0.717, 1.165) is 74.0 Å². The number of carbonyl (C=O) groups excluding carboxylic acids is 1. The molecule has 2 fully saturated rings. The zero-order chi connectivity index (χ0) is 46.8. The van der Waals surface area contributed by atoms with Gasteiger partial charge in [0, 0.05) is 73.7 Å². The van der Waals surface area contributed by atoms with Crippen molar-refractivity contribution in [3.63, 3.8) is 0 Å². The van der Waals surface area contributed by atoms with Crippen LogP contribution in [0, 0.1) is 21.4 Å². The van der Waals surface area contributed by atoms with Crippen molar-refractivity contribution in [3.05, 3.63) is 117 Å². The Bertz CT molecular complexity index is 2660. The normalized spacial score (nSPS) is 18.1. The summed E-state index contributed by atoms with van der Waals surface area (Å²) in [6.45, 7) is 10.3. The second-order valence-electron chi connectivity index (χ2n) is 18.3. The molecular formula is C48H54ClF3N8O5S. The summed E-state index contributed by atoms with van der Waals surface area (Å²) in [5.74, 6) is 0.415. The van der Waals surface area contributed by atoms with Crippen LogP contribution in [0.15, 0.2) is 89.6 Å². The van der Waals surface area contributed by atoms with Crippen LogP contribution in [-0.4, -0.2) is 94.2 Å². The van der Waals surface area contributed by atoms with Crippen LogP contribution in [0.2, 0.25) is 5.02 Å². The second-order valence-corrected chi connectivity index (χ2v) is 20.0. The number of ether oxygens (including phenoxy) is 1. The van der Waals surface area contributed by atoms with Crippen LogP contribution in [0.5, 0.6) is 11.5 Å². The first-order chi connectivity index (χ1) is 31.5. The van der Waals surface area contributed by atoms with Gasteiger partial charge in [-0.05, 0) is 130 Å². The maximum absolute atomic E-state index is 13.9. The minimum atomic E-state index is -4.48. The van der Waals surface area contributed by atoms with Crippen molar-refractivity contribution in [2.45, 2.75) is 63.4 Å². The van der Waals surface area contributed by atoms with Crippen molar-refractivity contribution in [1.82, 2.24) is 24.5 Å². The van der Waals surface area contributed by atoms with Crippen LogP contribution in [0.3, 0.4) is 0 Å². The third-order valence-corrected chi connectivity index (χ3v) is 14.4. The van der Waals surface area contributed by atoms with Crippen LogP contribution in [-0.2, 0) is 17.2 Å². The maximum atomic E-state index is 13.9. The molecule has 3 aliphatic rings. The summed E-state index contributed by atoms with van der Waals surface area (Å²) in [6, 6.07) is 16.7. The lowest BCUT2D eigenvalue weighted by Gasteiger charge is -2.39. The summed E-state index contributed by atoms with van der Waals surface area (Å²) in [4.78, 5) is 39.9. The van der Waals surface area contributed by atoms with Gasteiger partial charge in [-0.2, -0.15) is 13.2 Å². The summed E-state index contributed by atoms with van der Waals surface area (Å²) in [7, 11) is -0.0487. The Hall–Kier alpha value is -5.49. The smallest absolute Gasteiger partial charge is 0.416 e. The molecule has 66 heavy (non-hydrogen) atoms. The molecule has 5 aromatic rings. The van der Waals surface area contributed by atoms with E-state index in [4.69, 9.17) is 16.3 Å². The van der Waals surface area contributed by atoms with Gasteiger partial charge in [0.05, 0.1) is 27.1 Å². The topological polar surface area (TPSA) is 149 Å². The third kappa shape index (κ3) is 11.2. The largest absolute Gasteiger partial charge is 0.455 e. The number of rotatable bonds is 14. The van der Waals surface area contributed by atoms with E-state index >= 15 is 0 Å². The lowest BCUT2D eigenvalue weighted by molar-refractivity contribution is -0.384. The van der Waals surface area contributed by atoms with Crippen molar-refractivity contribution < 1.29 is 31.8 Å². The summed E-state index contributed by atoms with van der Waals surface area (Å²) >= 11 is 6.55. The lowest BCUT2D eigenvalue weighted by Crippen LogP contribution is -2.47. The van der Waals surface area contributed by atoms with Crippen molar-refractivity contribution in [2.24, 2.45) is 11.3 Å². The molecule has 0 spiro atoms. The number of aromatic amines is 1. The van der Waals surface area contributed by atoms with E-state index in [-0.39, 0.29) is 32.3 Å². The first kappa shape index (κ1) is 47.0. The number of alkyl halides is 3. The Kier molecular flexibility index (Phi) is 14.1. The number of nitrogens with zero attached hydrogens (tertiary/aromatic N) is 5. The van der Waals surface area contributed by atoms with E-state index in [1.165, 1.54) is 29.8 Å². The number of piperazine rings is 1. The molecule has 2 aromatic heterocycles. The molecule has 3 N–H and O–H groups in total. The Morgan fingerprint density at radius 3 is 2.53 bits per heavy atom. The van der Waals surface area contributed by atoms with E-state index in [9.17, 15) is 32.3 Å². The fourth-order valence-electron chi connectivity index (χ4n) is 9.13. The molecule has 1 amide bonds. The SMILES string of the molecule is CN1CCC(CCNc2ccc(S(=O)NC(=O)c3ccc(N4CCN(CC5=C(c6ccc(C(F)(F)F)cc6Cl)CC(C)(C)CC5)CC4)cc3Oc3cnc4[nH]ccc4c3)cc2[N+](=O)[O-])CC1. The summed E-state index contributed by atoms with van der Waals surface area (Å²) in [5.41, 5.74) is 3.70. The van der Waals surface area contributed by atoms with Crippen molar-refractivity contribution >= 4 is 62.2 Å². The number of carbonyl (C=O) groups is 1. The number of nitrogens with one attached hydrogen (secondary N) is 3. The van der Waals surface area contributed by atoms with Gasteiger partial charge in [-0.3, -0.25) is 24.5 Å². The predicted octanol–water partition coefficient (Wildman–Crippen LogP) is 10.3. The fraction of sp³-hybridized carbons (Fsp3) is 0.417. The summed E-state index contributed by atoms with van der Waals surface area (Å²) in [5, 5.41) is 16.2. The van der Waals surface area contributed by atoms with Crippen LogP contribution in [0.25, 0.3) is 16.6 Å². The molecule has 1 aliphatic carbocycles. The van der Waals surface area contributed by atoms with Crippen molar-refractivity contribution in [2.75, 3.05) is 69.6 Å². The quantitative estimate of drug-likeness (QED) is 0.0726. The number of allylic oxidation sites excluding steroid dienone is 1. The molecule has 13 nitrogen and oxygen atoms in total. The lowest BCUT2D eigenvalue weighted by atomic mass is 9.72. The Labute approximate surface area is 389 Å². The number of pyridine rings is 1. The molecule has 0 bridgehead atoms. The zero-order valence-corrected chi connectivity index (χ0v) is 38.8. The number of halogens is 4. The number of hydrogen-bond donors (Lipinski definition) is 3. The minimum absolute atomic E-state index is 0.0273. The Morgan fingerprint density at radius 1 is 1.03 bits per heavy atom. The molecule has 18 heteroatoms. The number of aromatic nitrogens is 2. The van der Waals surface area contributed by atoms with Gasteiger partial charge in [0.15, 0.2) is 11.0 Å². The highest BCUT2D eigenvalue weighted by atomic mass is 35.5. The molecule has 8 rings (SSSR count). The van der Waals surface area contributed by atoms with Gasteiger partial charge in [-0.15, -0.1) is 0 Å². The van der Waals surface area contributed by atoms with E-state index in [1.54, 1.807) is 36.7 Å². The number of benzene rings is 3. The van der Waals surface area contributed by atoms with Crippen LogP contribution in [0.4, 0.5) is 30.2 Å². The van der Waals surface area contributed by atoms with Gasteiger partial charge >= 0.3 is 6.18 Å². The standard InChI is InChI=1S/C48H54ClF3N8O5S/c1-47(2)15-10-33(40(28-47)38-7-4-34(25-41(38)49)48(50,51)52)30-58-20-22-59(23-21-58)35-5-8-39(44(26-35)65-36-24-32-12-17-54-45(32)55-29-36)46(61)56-66(64)37-6-9-42(43(27-37)60(62)63)53-16-11-31-13-18-57(3)19-14-31/h4-9,12,17,24-27,29,31,53H,10-11,13-16,18-23,28,30H2,1-3H3,(H,54,55)(H,56,61). The average molecular weight is 948 g/mol. The van der Waals surface area contributed by atoms with Gasteiger partial charge in [0.25, 0.3) is 11.6 Å². The van der Waals surface area contributed by atoms with Gasteiger partial charge in [0.2, 0.25) is 0 Å². The number of likely N-dealkylation sites (tertiary alicyclic amines) is 1. The third-order valence-electron chi connectivity index (χ3n) is 13.0. The molecule has 1 atom stereocenters. The molecule has 2 saturated heterocycles. The Balaban J connectivity index is 0.973. The molecule has 4 heterocycles. The molecule has 1 unspecified atom stereocenters. The Morgan fingerprint density at radius 2 is 1.80 bits per heavy atom. The number of hydrogen-bond acceptors (Lipinski definition) is 10. The second kappa shape index (κ2) is 19.8. The van der Waals surface area contributed by atoms with Gasteiger partial charge in [-0.25, -0.2) is 9.19 Å². The van der Waals surface area contributed by atoms with Gasteiger partial charge in [-0.1, -0.05) is 37.1 Å². The molecule has 2 aliphatic heterocycles. The number of amides is 1. The molecule has 3 aromatic carbocycles. The van der Waals surface area contributed by atoms with Crippen LogP contribution in [0.1, 0.15) is 73.9 Å². The number of nitro groups is 1. The van der Waals surface area contributed by atoms with Crippen LogP contribution < -0.4 is 19.7 Å². The monoisotopic (exact) mass is 946 g/mol. The van der Waals surface area contributed by atoms with E-state index < -0.39 is 33.6 Å². The first-order valence-electron chi connectivity index (χ1n) is 22.2. The number of anilines is 2. The average Bonchev–Trinajstić information content (AvgIpc) is 3.76. The number of piperidine rings is 1. The van der Waals surface area contributed by atoms with E-state index in [2.05, 4.69) is 55.6 Å². The van der Waals surface area contributed by atoms with Crippen molar-refractivity contribution in [3.8, 4) is 11.5 Å². The highest BCUT2D eigenvalue weighted by molar-refractivity contribution is 7.83. The fourth-order valence-corrected chi connectivity index (χ4v) is 10.2. The van der Waals surface area contributed by atoms with Crippen LogP contribution >= 0.6 is 11.6 Å². The molecule has 350 valence electrons. The van der Waals surface area contributed by atoms with E-state index in [1.807, 2.05) is 6.07 Å². The zero-order valence-electron chi connectivity index (χ0n) is 37.2. The van der Waals surface area contributed by atoms with Gasteiger partial charge in [0.1, 0.15) is 22.8 Å². The maximum Gasteiger partial charge on any atom is 0.416 e. The molecular weight excluding hydrogens is 893 g/mol. The number of fused-ring (bicyclic) bond motifs is 1. The summed E-state index contributed by atoms with van der Waals surface area (Å²) in [6.07, 6.45) is 4.34. The predicted molar refractivity (Wildman–Crippen MR) is 253 cm³/mol. The first-order valence-corrected chi connectivity index (χ1v) is 23.8. The summed E-state index contributed by atoms with van der Waals surface area (Å²) < 4.78 is 63.0. The van der Waals surface area contributed by atoms with E-state index in [0.29, 0.717) is 74.3 Å². The number of nitro benzene ring substituents is 1. The highest BCUT2D eigenvalue weighted by Gasteiger charge is 2.34. The number of H-pyrrole nitrogens is 1. The van der Waals surface area contributed by atoms with Crippen molar-refractivity contribution in [1.29, 1.82) is 0 Å².